The van der Waals surface area contributed by atoms with Crippen molar-refractivity contribution in [1.82, 2.24) is 0 Å². The normalized spacial score (nSPS) is 12.2. The molecule has 0 saturated carbocycles. The highest BCUT2D eigenvalue weighted by molar-refractivity contribution is 5.87. The van der Waals surface area contributed by atoms with Crippen molar-refractivity contribution in [2.45, 2.75) is 45.6 Å². The Morgan fingerprint density at radius 2 is 2.05 bits per heavy atom. The Labute approximate surface area is 127 Å². The zero-order chi connectivity index (χ0) is 16.3. The second-order valence-electron chi connectivity index (χ2n) is 6.26. The summed E-state index contributed by atoms with van der Waals surface area (Å²) in [5, 5.41) is 2.09. The van der Waals surface area contributed by atoms with Gasteiger partial charge in [-0.25, -0.2) is 0 Å². The molecule has 2 aromatic rings. The average molecular weight is 286 g/mol. The van der Waals surface area contributed by atoms with Crippen molar-refractivity contribution in [3.63, 3.8) is 0 Å². The van der Waals surface area contributed by atoms with Crippen molar-refractivity contribution in [3.05, 3.63) is 41.9 Å². The zero-order valence-electron chi connectivity index (χ0n) is 13.9. The molecule has 0 radical (unpaired) electrons. The van der Waals surface area contributed by atoms with Crippen molar-refractivity contribution in [2.24, 2.45) is 5.73 Å². The molecule has 0 aromatic heterocycles. The number of primary amides is 1. The molecule has 0 aliphatic rings. The van der Waals surface area contributed by atoms with E-state index in [9.17, 15) is 4.79 Å². The fraction of sp³-hybridized carbons (Fsp3) is 0.389. The Morgan fingerprint density at radius 1 is 1.29 bits per heavy atom. The van der Waals surface area contributed by atoms with Crippen LogP contribution < -0.4 is 10.5 Å². The van der Waals surface area contributed by atoms with Crippen molar-refractivity contribution < 1.29 is 10.9 Å². The number of ether oxygens (including phenoxy) is 1. The predicted octanol–water partition coefficient (Wildman–Crippen LogP) is 3.83. The van der Waals surface area contributed by atoms with E-state index in [1.165, 1.54) is 0 Å². The van der Waals surface area contributed by atoms with Crippen molar-refractivity contribution in [1.29, 1.82) is 0 Å². The quantitative estimate of drug-likeness (QED) is 0.908. The van der Waals surface area contributed by atoms with Gasteiger partial charge in [0.2, 0.25) is 5.91 Å². The summed E-state index contributed by atoms with van der Waals surface area (Å²) in [5.74, 6) is 0.525. The largest absolute Gasteiger partial charge is 0.488 e. The molecule has 2 N–H and O–H groups in total. The maximum Gasteiger partial charge on any atom is 0.217 e. The average Bonchev–Trinajstić information content (AvgIpc) is 2.37. The van der Waals surface area contributed by atoms with Gasteiger partial charge in [-0.1, -0.05) is 24.2 Å². The summed E-state index contributed by atoms with van der Waals surface area (Å²) in [5.41, 5.74) is 6.00. The summed E-state index contributed by atoms with van der Waals surface area (Å²) in [7, 11) is 0. The number of rotatable bonds is 5. The van der Waals surface area contributed by atoms with Crippen molar-refractivity contribution >= 4 is 16.7 Å². The molecule has 3 heteroatoms. The molecule has 1 amide bonds. The molecule has 0 spiro atoms. The highest BCUT2D eigenvalue weighted by atomic mass is 16.5. The molecule has 0 unspecified atom stereocenters. The Morgan fingerprint density at radius 3 is 2.71 bits per heavy atom. The van der Waals surface area contributed by atoms with Gasteiger partial charge in [-0.2, -0.15) is 0 Å². The molecule has 21 heavy (non-hydrogen) atoms. The van der Waals surface area contributed by atoms with E-state index >= 15 is 0 Å². The fourth-order valence-corrected chi connectivity index (χ4v) is 2.33. The number of carbonyl (C=O) groups is 1. The van der Waals surface area contributed by atoms with E-state index in [0.29, 0.717) is 18.9 Å². The van der Waals surface area contributed by atoms with E-state index in [0.717, 1.165) is 28.5 Å². The van der Waals surface area contributed by atoms with Crippen LogP contribution in [-0.2, 0) is 11.2 Å². The first kappa shape index (κ1) is 13.9. The van der Waals surface area contributed by atoms with Crippen LogP contribution >= 0.6 is 0 Å². The van der Waals surface area contributed by atoms with Gasteiger partial charge in [-0.3, -0.25) is 4.79 Å². The van der Waals surface area contributed by atoms with E-state index in [1.807, 2.05) is 51.1 Å². The highest BCUT2D eigenvalue weighted by Crippen LogP contribution is 2.27. The van der Waals surface area contributed by atoms with Crippen LogP contribution in [0.3, 0.4) is 0 Å². The van der Waals surface area contributed by atoms with Crippen molar-refractivity contribution in [2.75, 3.05) is 0 Å². The van der Waals surface area contributed by atoms with Gasteiger partial charge in [0.25, 0.3) is 0 Å². The number of nitrogens with two attached hydrogens (primary N) is 1. The van der Waals surface area contributed by atoms with E-state index in [-0.39, 0.29) is 11.5 Å². The number of aryl methyl sites for hydroxylation is 1. The van der Waals surface area contributed by atoms with Gasteiger partial charge < -0.3 is 10.5 Å². The lowest BCUT2D eigenvalue weighted by atomic mass is 9.99. The molecule has 2 rings (SSSR count). The van der Waals surface area contributed by atoms with Crippen molar-refractivity contribution in [3.8, 4) is 5.75 Å². The van der Waals surface area contributed by atoms with Crippen LogP contribution in [-0.4, -0.2) is 11.5 Å². The second kappa shape index (κ2) is 6.17. The molecular weight excluding hydrogens is 262 g/mol. The molecule has 0 atom stereocenters. The summed E-state index contributed by atoms with van der Waals surface area (Å²) >= 11 is 0. The second-order valence-corrected chi connectivity index (χ2v) is 6.26. The molecule has 0 aliphatic carbocycles. The third kappa shape index (κ3) is 4.48. The molecule has 0 aliphatic heterocycles. The van der Waals surface area contributed by atoms with Gasteiger partial charge in [0, 0.05) is 6.42 Å². The number of carbonyl (C=O) groups excluding carboxylic acids is 1. The topological polar surface area (TPSA) is 52.3 Å². The van der Waals surface area contributed by atoms with Crippen LogP contribution in [0, 0.1) is 0 Å². The Balaban J connectivity index is 2.35. The third-order valence-electron chi connectivity index (χ3n) is 3.16. The van der Waals surface area contributed by atoms with Gasteiger partial charge >= 0.3 is 0 Å². The minimum absolute atomic E-state index is 0.255. The van der Waals surface area contributed by atoms with Gasteiger partial charge in [0.05, 0.1) is 1.37 Å². The van der Waals surface area contributed by atoms with Crippen LogP contribution in [0.25, 0.3) is 10.8 Å². The fourth-order valence-electron chi connectivity index (χ4n) is 2.33. The summed E-state index contributed by atoms with van der Waals surface area (Å²) < 4.78 is 13.8. The molecule has 0 heterocycles. The number of benzene rings is 2. The number of fused-ring (bicyclic) bond motifs is 1. The Kier molecular flexibility index (Phi) is 4.09. The molecule has 0 saturated heterocycles. The standard InChI is InChI=1S/C18H23NO2/c1-18(2,3)21-15-11-10-14-7-4-6-13(16(14)12-15)8-5-9-17(19)20/h4,6-7,10-12H,5,8-9H2,1-3H3,(H2,19,20)/i4D. The number of hydrogen-bond acceptors (Lipinski definition) is 2. The van der Waals surface area contributed by atoms with Gasteiger partial charge in [-0.05, 0) is 62.1 Å². The lowest BCUT2D eigenvalue weighted by Gasteiger charge is -2.21. The van der Waals surface area contributed by atoms with E-state index in [2.05, 4.69) is 0 Å². The first-order valence-corrected chi connectivity index (χ1v) is 7.25. The number of hydrogen-bond donors (Lipinski definition) is 1. The summed E-state index contributed by atoms with van der Waals surface area (Å²) in [6.45, 7) is 6.04. The zero-order valence-corrected chi connectivity index (χ0v) is 12.9. The summed E-state index contributed by atoms with van der Waals surface area (Å²) in [6.07, 6.45) is 1.78. The molecule has 2 aromatic carbocycles. The van der Waals surface area contributed by atoms with Crippen LogP contribution in [0.4, 0.5) is 0 Å². The van der Waals surface area contributed by atoms with E-state index in [1.54, 1.807) is 0 Å². The van der Waals surface area contributed by atoms with Crippen LogP contribution in [0.1, 0.15) is 40.5 Å². The lowest BCUT2D eigenvalue weighted by Crippen LogP contribution is -2.22. The minimum atomic E-state index is -0.289. The highest BCUT2D eigenvalue weighted by Gasteiger charge is 2.12. The van der Waals surface area contributed by atoms with Crippen LogP contribution in [0.5, 0.6) is 5.75 Å². The van der Waals surface area contributed by atoms with Gasteiger partial charge in [-0.15, -0.1) is 0 Å². The first-order valence-electron chi connectivity index (χ1n) is 7.75. The molecule has 0 bridgehead atoms. The van der Waals surface area contributed by atoms with E-state index < -0.39 is 0 Å². The first-order chi connectivity index (χ1) is 10.2. The summed E-state index contributed by atoms with van der Waals surface area (Å²) in [6, 6.07) is 10.1. The third-order valence-corrected chi connectivity index (χ3v) is 3.16. The maximum atomic E-state index is 10.9. The van der Waals surface area contributed by atoms with Crippen LogP contribution in [0.2, 0.25) is 0 Å². The Bertz CT molecular complexity index is 689. The lowest BCUT2D eigenvalue weighted by molar-refractivity contribution is -0.118. The number of amides is 1. The Hall–Kier alpha value is -2.03. The smallest absolute Gasteiger partial charge is 0.217 e. The summed E-state index contributed by atoms with van der Waals surface area (Å²) in [4.78, 5) is 10.9. The minimum Gasteiger partial charge on any atom is -0.488 e. The SMILES string of the molecule is [2H]c1cc(CCCC(N)=O)c2cc(OC(C)(C)C)ccc2c1. The molecule has 0 fully saturated rings. The predicted molar refractivity (Wildman–Crippen MR) is 86.5 cm³/mol. The van der Waals surface area contributed by atoms with Gasteiger partial charge in [0.15, 0.2) is 0 Å². The monoisotopic (exact) mass is 286 g/mol. The molecular formula is C18H23NO2. The molecule has 112 valence electrons. The van der Waals surface area contributed by atoms with Gasteiger partial charge in [0.1, 0.15) is 11.4 Å². The maximum absolute atomic E-state index is 10.9. The van der Waals surface area contributed by atoms with E-state index in [4.69, 9.17) is 11.8 Å². The molecule has 3 nitrogen and oxygen atoms in total. The van der Waals surface area contributed by atoms with Crippen LogP contribution in [0.15, 0.2) is 36.4 Å².